The number of non-ortho nitro benzene ring substituents is 1. The Morgan fingerprint density at radius 2 is 1.87 bits per heavy atom. The third-order valence-corrected chi connectivity index (χ3v) is 4.84. The summed E-state index contributed by atoms with van der Waals surface area (Å²) in [6, 6.07) is 15.5. The molecule has 118 valence electrons. The summed E-state index contributed by atoms with van der Waals surface area (Å²) in [5.74, 6) is 0. The third-order valence-electron chi connectivity index (χ3n) is 3.55. The Balaban J connectivity index is 1.86. The lowest BCUT2D eigenvalue weighted by molar-refractivity contribution is -0.384. The second kappa shape index (κ2) is 6.02. The van der Waals surface area contributed by atoms with E-state index in [1.807, 2.05) is 42.3 Å². The number of hydrogen-bond donors (Lipinski definition) is 1. The predicted molar refractivity (Wildman–Crippen MR) is 90.8 cm³/mol. The fraction of sp³-hybridized carbons (Fsp3) is 0.188. The molecule has 0 bridgehead atoms. The van der Waals surface area contributed by atoms with Gasteiger partial charge >= 0.3 is 0 Å². The highest BCUT2D eigenvalue weighted by atomic mass is 32.2. The lowest BCUT2D eigenvalue weighted by Gasteiger charge is -2.20. The maximum atomic E-state index is 10.9. The van der Waals surface area contributed by atoms with Crippen LogP contribution < -0.4 is 0 Å². The van der Waals surface area contributed by atoms with Gasteiger partial charge in [-0.25, -0.2) is 4.99 Å². The summed E-state index contributed by atoms with van der Waals surface area (Å²) in [5.41, 5.74) is 1.44. The van der Waals surface area contributed by atoms with Gasteiger partial charge in [0.1, 0.15) is 0 Å². The van der Waals surface area contributed by atoms with Gasteiger partial charge in [-0.05, 0) is 41.6 Å². The van der Waals surface area contributed by atoms with Gasteiger partial charge in [-0.2, -0.15) is 0 Å². The normalized spacial score (nSPS) is 22.5. The van der Waals surface area contributed by atoms with E-state index in [0.29, 0.717) is 17.3 Å². The van der Waals surface area contributed by atoms with Gasteiger partial charge in [-0.1, -0.05) is 18.2 Å². The Kier molecular flexibility index (Phi) is 4.06. The Bertz CT molecular complexity index is 749. The second-order valence-corrected chi connectivity index (χ2v) is 6.52. The molecule has 1 aliphatic rings. The number of nitro groups is 1. The van der Waals surface area contributed by atoms with E-state index in [0.717, 1.165) is 5.69 Å². The number of rotatable bonds is 3. The number of nitro benzene ring substituents is 1. The van der Waals surface area contributed by atoms with Crippen LogP contribution in [0.1, 0.15) is 5.56 Å². The molecular formula is C16H15N3O3S. The van der Waals surface area contributed by atoms with Crippen molar-refractivity contribution in [2.45, 2.75) is 4.93 Å². The number of likely N-dealkylation sites (N-methyl/N-ethyl adjacent to an activating group) is 1. The summed E-state index contributed by atoms with van der Waals surface area (Å²) in [6.07, 6.45) is 0. The highest BCUT2D eigenvalue weighted by molar-refractivity contribution is 8.14. The topological polar surface area (TPSA) is 79.0 Å². The molecule has 0 aliphatic carbocycles. The average molecular weight is 329 g/mol. The van der Waals surface area contributed by atoms with Crippen LogP contribution in [0.3, 0.4) is 0 Å². The summed E-state index contributed by atoms with van der Waals surface area (Å²) < 4.78 is 0. The van der Waals surface area contributed by atoms with Crippen molar-refractivity contribution >= 4 is 28.3 Å². The molecule has 0 amide bonds. The Morgan fingerprint density at radius 3 is 2.48 bits per heavy atom. The van der Waals surface area contributed by atoms with E-state index in [-0.39, 0.29) is 5.69 Å². The van der Waals surface area contributed by atoms with Crippen molar-refractivity contribution in [3.8, 4) is 0 Å². The molecule has 0 aromatic heterocycles. The smallest absolute Gasteiger partial charge is 0.269 e. The molecule has 1 aliphatic heterocycles. The van der Waals surface area contributed by atoms with Crippen LogP contribution in [0, 0.1) is 10.1 Å². The minimum absolute atomic E-state index is 0.00637. The molecule has 1 atom stereocenters. The van der Waals surface area contributed by atoms with Crippen molar-refractivity contribution in [2.24, 2.45) is 4.99 Å². The van der Waals surface area contributed by atoms with Crippen LogP contribution in [0.4, 0.5) is 11.4 Å². The molecule has 2 aromatic carbocycles. The molecule has 1 heterocycles. The standard InChI is InChI=1S/C16H15N3O3S/c1-18-11-16(20,12-7-9-14(10-8-12)19(21)22)23-15(18)17-13-5-3-2-4-6-13/h2-10,20H,11H2,1H3/t16-/m1/s1. The lowest BCUT2D eigenvalue weighted by atomic mass is 10.1. The lowest BCUT2D eigenvalue weighted by Crippen LogP contribution is -2.28. The molecular weight excluding hydrogens is 314 g/mol. The number of hydrogen-bond acceptors (Lipinski definition) is 5. The summed E-state index contributed by atoms with van der Waals surface area (Å²) in [7, 11) is 1.86. The van der Waals surface area contributed by atoms with Gasteiger partial charge in [-0.15, -0.1) is 0 Å². The molecule has 0 saturated carbocycles. The zero-order valence-electron chi connectivity index (χ0n) is 12.4. The van der Waals surface area contributed by atoms with Crippen molar-refractivity contribution in [3.63, 3.8) is 0 Å². The Labute approximate surface area is 137 Å². The van der Waals surface area contributed by atoms with E-state index in [9.17, 15) is 15.2 Å². The average Bonchev–Trinajstić information content (AvgIpc) is 2.84. The number of amidine groups is 1. The van der Waals surface area contributed by atoms with Crippen LogP contribution in [0.25, 0.3) is 0 Å². The van der Waals surface area contributed by atoms with Crippen LogP contribution >= 0.6 is 11.8 Å². The van der Waals surface area contributed by atoms with Crippen LogP contribution in [0.2, 0.25) is 0 Å². The first-order valence-corrected chi connectivity index (χ1v) is 7.81. The predicted octanol–water partition coefficient (Wildman–Crippen LogP) is 3.11. The minimum Gasteiger partial charge on any atom is -0.373 e. The molecule has 23 heavy (non-hydrogen) atoms. The number of para-hydroxylation sites is 1. The maximum Gasteiger partial charge on any atom is 0.269 e. The van der Waals surface area contributed by atoms with E-state index in [1.165, 1.54) is 23.9 Å². The van der Waals surface area contributed by atoms with Crippen LogP contribution in [-0.4, -0.2) is 33.7 Å². The van der Waals surface area contributed by atoms with Crippen molar-refractivity contribution in [1.29, 1.82) is 0 Å². The van der Waals surface area contributed by atoms with E-state index in [1.54, 1.807) is 12.1 Å². The first-order chi connectivity index (χ1) is 11.0. The van der Waals surface area contributed by atoms with Gasteiger partial charge < -0.3 is 10.0 Å². The molecule has 1 fully saturated rings. The quantitative estimate of drug-likeness (QED) is 0.691. The highest BCUT2D eigenvalue weighted by Gasteiger charge is 2.41. The van der Waals surface area contributed by atoms with Crippen molar-refractivity contribution in [2.75, 3.05) is 13.6 Å². The molecule has 1 N–H and O–H groups in total. The zero-order valence-corrected chi connectivity index (χ0v) is 13.2. The number of nitrogens with zero attached hydrogens (tertiary/aromatic N) is 3. The summed E-state index contributed by atoms with van der Waals surface area (Å²) >= 11 is 1.24. The second-order valence-electron chi connectivity index (χ2n) is 5.28. The van der Waals surface area contributed by atoms with E-state index < -0.39 is 9.86 Å². The molecule has 1 saturated heterocycles. The molecule has 6 nitrogen and oxygen atoms in total. The summed E-state index contributed by atoms with van der Waals surface area (Å²) in [6.45, 7) is 0.362. The molecule has 3 rings (SSSR count). The fourth-order valence-corrected chi connectivity index (χ4v) is 3.55. The molecule has 2 aromatic rings. The largest absolute Gasteiger partial charge is 0.373 e. The van der Waals surface area contributed by atoms with Gasteiger partial charge in [0.05, 0.1) is 17.2 Å². The first kappa shape index (κ1) is 15.5. The fourth-order valence-electron chi connectivity index (χ4n) is 2.37. The molecule has 0 spiro atoms. The number of aliphatic imine (C=N–C) groups is 1. The molecule has 7 heteroatoms. The van der Waals surface area contributed by atoms with Gasteiger partial charge in [0.15, 0.2) is 10.1 Å². The third kappa shape index (κ3) is 3.20. The van der Waals surface area contributed by atoms with Gasteiger partial charge in [0.25, 0.3) is 5.69 Å². The van der Waals surface area contributed by atoms with Crippen LogP contribution in [0.5, 0.6) is 0 Å². The van der Waals surface area contributed by atoms with Gasteiger partial charge in [0.2, 0.25) is 0 Å². The number of β-amino-alcohol motifs (C(OH)–C–C–N with tert-alkyl or cyclic N) is 1. The zero-order chi connectivity index (χ0) is 16.4. The van der Waals surface area contributed by atoms with Crippen molar-refractivity contribution in [1.82, 2.24) is 4.90 Å². The molecule has 0 radical (unpaired) electrons. The Hall–Kier alpha value is -2.38. The number of aliphatic hydroxyl groups is 1. The number of benzene rings is 2. The maximum absolute atomic E-state index is 10.9. The highest BCUT2D eigenvalue weighted by Crippen LogP contribution is 2.42. The Morgan fingerprint density at radius 1 is 1.22 bits per heavy atom. The number of thioether (sulfide) groups is 1. The van der Waals surface area contributed by atoms with E-state index in [4.69, 9.17) is 0 Å². The van der Waals surface area contributed by atoms with Crippen LogP contribution in [0.15, 0.2) is 59.6 Å². The monoisotopic (exact) mass is 329 g/mol. The van der Waals surface area contributed by atoms with Gasteiger partial charge in [-0.3, -0.25) is 10.1 Å². The minimum atomic E-state index is -1.17. The van der Waals surface area contributed by atoms with Crippen LogP contribution in [-0.2, 0) is 4.93 Å². The summed E-state index contributed by atoms with van der Waals surface area (Å²) in [4.78, 5) is 15.5. The molecule has 0 unspecified atom stereocenters. The van der Waals surface area contributed by atoms with E-state index in [2.05, 4.69) is 4.99 Å². The van der Waals surface area contributed by atoms with E-state index >= 15 is 0 Å². The first-order valence-electron chi connectivity index (χ1n) is 6.99. The summed E-state index contributed by atoms with van der Waals surface area (Å²) in [5, 5.41) is 22.3. The van der Waals surface area contributed by atoms with Gasteiger partial charge in [0, 0.05) is 19.2 Å². The van der Waals surface area contributed by atoms with Crippen molar-refractivity contribution in [3.05, 3.63) is 70.3 Å². The SMILES string of the molecule is CN1C[C@](O)(c2ccc([N+](=O)[O-])cc2)SC1=Nc1ccccc1. The van der Waals surface area contributed by atoms with Crippen molar-refractivity contribution < 1.29 is 10.0 Å².